The number of halogens is 3. The highest BCUT2D eigenvalue weighted by molar-refractivity contribution is 6.47. The summed E-state index contributed by atoms with van der Waals surface area (Å²) in [4.78, 5) is 11.6. The zero-order valence-corrected chi connectivity index (χ0v) is 12.6. The number of hydrazone groups is 1. The highest BCUT2D eigenvalue weighted by Crippen LogP contribution is 2.23. The highest BCUT2D eigenvalue weighted by Gasteiger charge is 2.42. The monoisotopic (exact) mass is 320 g/mol. The summed E-state index contributed by atoms with van der Waals surface area (Å²) in [6, 6.07) is 15.7. The van der Waals surface area contributed by atoms with Crippen molar-refractivity contribution < 1.29 is 18.0 Å². The summed E-state index contributed by atoms with van der Waals surface area (Å²) < 4.78 is 38.2. The largest absolute Gasteiger partial charge is 0.456 e. The second kappa shape index (κ2) is 6.64. The molecule has 0 heterocycles. The van der Waals surface area contributed by atoms with E-state index in [4.69, 9.17) is 0 Å². The molecule has 120 valence electrons. The van der Waals surface area contributed by atoms with Crippen LogP contribution < -0.4 is 0 Å². The van der Waals surface area contributed by atoms with Gasteiger partial charge < -0.3 is 5.01 Å². The fourth-order valence-electron chi connectivity index (χ4n) is 2.02. The van der Waals surface area contributed by atoms with Crippen molar-refractivity contribution in [1.82, 2.24) is 5.01 Å². The Balaban J connectivity index is 2.40. The Morgan fingerprint density at radius 1 is 0.913 bits per heavy atom. The van der Waals surface area contributed by atoms with Gasteiger partial charge in [-0.3, -0.25) is 4.79 Å². The van der Waals surface area contributed by atoms with Crippen LogP contribution in [-0.2, 0) is 4.79 Å². The molecule has 0 amide bonds. The molecule has 0 unspecified atom stereocenters. The number of rotatable bonds is 4. The second-order valence-electron chi connectivity index (χ2n) is 5.07. The van der Waals surface area contributed by atoms with E-state index >= 15 is 0 Å². The van der Waals surface area contributed by atoms with E-state index in [0.717, 1.165) is 11.1 Å². The van der Waals surface area contributed by atoms with Crippen molar-refractivity contribution in [2.45, 2.75) is 6.18 Å². The number of benzene rings is 2. The van der Waals surface area contributed by atoms with Gasteiger partial charge in [-0.25, -0.2) is 0 Å². The third-order valence-electron chi connectivity index (χ3n) is 3.04. The van der Waals surface area contributed by atoms with Gasteiger partial charge in [0.05, 0.1) is 0 Å². The van der Waals surface area contributed by atoms with Gasteiger partial charge in [0.2, 0.25) is 0 Å². The average Bonchev–Trinajstić information content (AvgIpc) is 2.52. The molecule has 2 rings (SSSR count). The van der Waals surface area contributed by atoms with Crippen molar-refractivity contribution in [2.75, 3.05) is 14.1 Å². The number of alkyl halides is 3. The zero-order valence-electron chi connectivity index (χ0n) is 12.6. The lowest BCUT2D eigenvalue weighted by Crippen LogP contribution is -2.32. The molecule has 0 fully saturated rings. The number of hydrogen-bond acceptors (Lipinski definition) is 3. The standard InChI is InChI=1S/C17H15F3N2O/c1-22(2)21-15(16(23)17(18,19)20)14-10-8-13(9-11-14)12-6-4-3-5-7-12/h3-11H,1-2H3/b21-15-. The van der Waals surface area contributed by atoms with E-state index in [9.17, 15) is 18.0 Å². The summed E-state index contributed by atoms with van der Waals surface area (Å²) in [6.07, 6.45) is -4.97. The van der Waals surface area contributed by atoms with Crippen molar-refractivity contribution in [3.63, 3.8) is 0 Å². The Hall–Kier alpha value is -2.63. The van der Waals surface area contributed by atoms with Gasteiger partial charge in [0.1, 0.15) is 5.71 Å². The number of hydrogen-bond donors (Lipinski definition) is 0. The van der Waals surface area contributed by atoms with Gasteiger partial charge in [-0.15, -0.1) is 0 Å². The maximum Gasteiger partial charge on any atom is 0.456 e. The number of ketones is 1. The van der Waals surface area contributed by atoms with Gasteiger partial charge in [-0.05, 0) is 11.1 Å². The van der Waals surface area contributed by atoms with Crippen molar-refractivity contribution in [1.29, 1.82) is 0 Å². The molecular weight excluding hydrogens is 305 g/mol. The van der Waals surface area contributed by atoms with Crippen LogP contribution in [0.1, 0.15) is 5.56 Å². The predicted octanol–water partition coefficient (Wildman–Crippen LogP) is 3.75. The first-order valence-corrected chi connectivity index (χ1v) is 6.82. The Morgan fingerprint density at radius 3 is 1.91 bits per heavy atom. The fourth-order valence-corrected chi connectivity index (χ4v) is 2.02. The molecule has 0 atom stereocenters. The topological polar surface area (TPSA) is 32.7 Å². The van der Waals surface area contributed by atoms with E-state index in [2.05, 4.69) is 5.10 Å². The van der Waals surface area contributed by atoms with Crippen LogP contribution in [0.4, 0.5) is 13.2 Å². The molecule has 6 heteroatoms. The molecule has 0 aromatic heterocycles. The van der Waals surface area contributed by atoms with Crippen LogP contribution in [0.5, 0.6) is 0 Å². The lowest BCUT2D eigenvalue weighted by molar-refractivity contribution is -0.163. The molecule has 0 bridgehead atoms. The minimum absolute atomic E-state index is 0.126. The number of nitrogens with zero attached hydrogens (tertiary/aromatic N) is 2. The van der Waals surface area contributed by atoms with Gasteiger partial charge in [0, 0.05) is 19.7 Å². The molecule has 0 aliphatic heterocycles. The molecule has 0 spiro atoms. The normalized spacial score (nSPS) is 12.1. The van der Waals surface area contributed by atoms with E-state index in [1.165, 1.54) is 31.2 Å². The lowest BCUT2D eigenvalue weighted by atomic mass is 10.0. The van der Waals surface area contributed by atoms with Gasteiger partial charge in [-0.2, -0.15) is 18.3 Å². The summed E-state index contributed by atoms with van der Waals surface area (Å²) in [7, 11) is 2.92. The summed E-state index contributed by atoms with van der Waals surface area (Å²) >= 11 is 0. The first kappa shape index (κ1) is 16.7. The van der Waals surface area contributed by atoms with E-state index in [1.807, 2.05) is 30.3 Å². The summed E-state index contributed by atoms with van der Waals surface area (Å²) in [5.41, 5.74) is 1.29. The molecule has 0 radical (unpaired) electrons. The minimum Gasteiger partial charge on any atom is -0.302 e. The summed E-state index contributed by atoms with van der Waals surface area (Å²) in [5.74, 6) is -1.96. The van der Waals surface area contributed by atoms with Crippen molar-refractivity contribution >= 4 is 11.5 Å². The average molecular weight is 320 g/mol. The van der Waals surface area contributed by atoms with Crippen molar-refractivity contribution in [3.8, 4) is 11.1 Å². The Morgan fingerprint density at radius 2 is 1.43 bits per heavy atom. The number of carbonyl (C=O) groups is 1. The zero-order chi connectivity index (χ0) is 17.0. The molecule has 0 saturated heterocycles. The Kier molecular flexibility index (Phi) is 4.83. The van der Waals surface area contributed by atoms with Gasteiger partial charge in [0.25, 0.3) is 5.78 Å². The first-order valence-electron chi connectivity index (χ1n) is 6.82. The van der Waals surface area contributed by atoms with Gasteiger partial charge >= 0.3 is 6.18 Å². The van der Waals surface area contributed by atoms with Crippen LogP contribution in [0, 0.1) is 0 Å². The van der Waals surface area contributed by atoms with Crippen LogP contribution in [-0.4, -0.2) is 36.8 Å². The van der Waals surface area contributed by atoms with Gasteiger partial charge in [-0.1, -0.05) is 54.6 Å². The Labute approximate surface area is 132 Å². The third-order valence-corrected chi connectivity index (χ3v) is 3.04. The lowest BCUT2D eigenvalue weighted by Gasteiger charge is -2.12. The third kappa shape index (κ3) is 4.18. The second-order valence-corrected chi connectivity index (χ2v) is 5.07. The van der Waals surface area contributed by atoms with Crippen LogP contribution in [0.2, 0.25) is 0 Å². The van der Waals surface area contributed by atoms with Crippen molar-refractivity contribution in [2.24, 2.45) is 5.10 Å². The SMILES string of the molecule is CN(C)/N=C(\C(=O)C(F)(F)F)c1ccc(-c2ccccc2)cc1. The van der Waals surface area contributed by atoms with Crippen LogP contribution in [0.25, 0.3) is 11.1 Å². The number of carbonyl (C=O) groups excluding carboxylic acids is 1. The smallest absolute Gasteiger partial charge is 0.302 e. The molecule has 2 aromatic rings. The van der Waals surface area contributed by atoms with Crippen molar-refractivity contribution in [3.05, 3.63) is 60.2 Å². The fraction of sp³-hybridized carbons (Fsp3) is 0.176. The minimum atomic E-state index is -4.97. The molecule has 0 aliphatic carbocycles. The van der Waals surface area contributed by atoms with E-state index < -0.39 is 17.7 Å². The maximum atomic E-state index is 12.7. The number of Topliss-reactive ketones (excluding diaryl/α,β-unsaturated/α-hetero) is 1. The van der Waals surface area contributed by atoms with Crippen LogP contribution >= 0.6 is 0 Å². The summed E-state index contributed by atoms with van der Waals surface area (Å²) in [5, 5.41) is 4.87. The molecule has 23 heavy (non-hydrogen) atoms. The highest BCUT2D eigenvalue weighted by atomic mass is 19.4. The maximum absolute atomic E-state index is 12.7. The first-order chi connectivity index (χ1) is 10.8. The van der Waals surface area contributed by atoms with Crippen LogP contribution in [0.3, 0.4) is 0 Å². The molecule has 2 aromatic carbocycles. The molecule has 0 aliphatic rings. The molecule has 0 saturated carbocycles. The van der Waals surface area contributed by atoms with E-state index in [-0.39, 0.29) is 5.56 Å². The van der Waals surface area contributed by atoms with Gasteiger partial charge in [0.15, 0.2) is 0 Å². The van der Waals surface area contributed by atoms with Crippen LogP contribution in [0.15, 0.2) is 59.7 Å². The predicted molar refractivity (Wildman–Crippen MR) is 83.2 cm³/mol. The van der Waals surface area contributed by atoms with E-state index in [1.54, 1.807) is 12.1 Å². The molecule has 0 N–H and O–H groups in total. The summed E-state index contributed by atoms with van der Waals surface area (Å²) in [6.45, 7) is 0. The quantitative estimate of drug-likeness (QED) is 0.635. The molecular formula is C17H15F3N2O. The Bertz CT molecular complexity index is 705. The molecule has 3 nitrogen and oxygen atoms in total. The van der Waals surface area contributed by atoms with E-state index in [0.29, 0.717) is 0 Å².